The molecule has 12 aromatic rings. The fraction of sp³-hybridized carbons (Fsp3) is 0. The molecule has 0 saturated heterocycles. The topological polar surface area (TPSA) is 48.0 Å². The average Bonchev–Trinajstić information content (AvgIpc) is 3.92. The Bertz CT molecular complexity index is 3590. The molecule has 0 aliphatic rings. The molecule has 0 aliphatic heterocycles. The lowest BCUT2D eigenvalue weighted by molar-refractivity contribution is 0.979. The Hall–Kier alpha value is -8.41. The number of aromatic nitrogens is 5. The monoisotopic (exact) mass is 791 g/mol. The van der Waals surface area contributed by atoms with Crippen molar-refractivity contribution in [2.75, 3.05) is 0 Å². The molecule has 4 aromatic heterocycles. The van der Waals surface area contributed by atoms with Crippen molar-refractivity contribution in [1.82, 2.24) is 24.1 Å². The molecular weight excluding hydrogens is 755 g/mol. The zero-order valence-electron chi connectivity index (χ0n) is 33.6. The molecular formula is C57H37N5. The first-order valence-electron chi connectivity index (χ1n) is 20.9. The van der Waals surface area contributed by atoms with E-state index in [1.165, 1.54) is 5.39 Å². The van der Waals surface area contributed by atoms with Crippen LogP contribution in [0.25, 0.3) is 111 Å². The van der Waals surface area contributed by atoms with Gasteiger partial charge in [-0.15, -0.1) is 0 Å². The second kappa shape index (κ2) is 14.7. The van der Waals surface area contributed by atoms with E-state index in [2.05, 4.69) is 227 Å². The number of benzene rings is 8. The van der Waals surface area contributed by atoms with E-state index in [1.807, 2.05) is 6.07 Å². The van der Waals surface area contributed by atoms with E-state index in [0.29, 0.717) is 5.82 Å². The average molecular weight is 792 g/mol. The number of para-hydroxylation sites is 2. The van der Waals surface area contributed by atoms with Crippen LogP contribution in [-0.4, -0.2) is 24.1 Å². The predicted molar refractivity (Wildman–Crippen MR) is 255 cm³/mol. The number of rotatable bonds is 7. The molecule has 0 radical (unpaired) electrons. The van der Waals surface area contributed by atoms with Crippen molar-refractivity contribution in [1.29, 1.82) is 0 Å². The van der Waals surface area contributed by atoms with Crippen molar-refractivity contribution < 1.29 is 0 Å². The summed E-state index contributed by atoms with van der Waals surface area (Å²) in [4.78, 5) is 10.5. The minimum absolute atomic E-state index is 0.679. The van der Waals surface area contributed by atoms with Crippen LogP contribution in [0.4, 0.5) is 0 Å². The molecule has 62 heavy (non-hydrogen) atoms. The highest BCUT2D eigenvalue weighted by Crippen LogP contribution is 2.41. The van der Waals surface area contributed by atoms with E-state index < -0.39 is 0 Å². The number of nitrogens with zero attached hydrogens (tertiary/aromatic N) is 5. The van der Waals surface area contributed by atoms with Gasteiger partial charge in [0.1, 0.15) is 5.69 Å². The highest BCUT2D eigenvalue weighted by molar-refractivity contribution is 6.11. The quantitative estimate of drug-likeness (QED) is 0.162. The standard InChI is InChI=1S/C57H37N5/c1-5-17-38(18-6-1)49-37-50(59-57(58-49)44-33-34-52-48(35-44)47-27-15-16-28-51(47)61(52)45-24-11-4-12-25-45)39-29-31-40(32-30-39)53-36-43-23-13-14-26-46(43)56-54(41-19-7-2-8-20-41)55(60-62(53)56)42-21-9-3-10-22-42/h1-37H. The third-order valence-corrected chi connectivity index (χ3v) is 11.9. The van der Waals surface area contributed by atoms with Gasteiger partial charge in [-0.05, 0) is 59.5 Å². The minimum Gasteiger partial charge on any atom is -0.309 e. The molecule has 0 saturated carbocycles. The first-order valence-corrected chi connectivity index (χ1v) is 20.9. The highest BCUT2D eigenvalue weighted by Gasteiger charge is 2.22. The van der Waals surface area contributed by atoms with Crippen LogP contribution in [0.5, 0.6) is 0 Å². The lowest BCUT2D eigenvalue weighted by atomic mass is 9.97. The molecule has 0 spiro atoms. The number of hydrogen-bond donors (Lipinski definition) is 0. The summed E-state index contributed by atoms with van der Waals surface area (Å²) in [5.74, 6) is 0.679. The van der Waals surface area contributed by atoms with Gasteiger partial charge in [-0.3, -0.25) is 0 Å². The molecule has 8 aromatic carbocycles. The zero-order chi connectivity index (χ0) is 41.0. The fourth-order valence-electron chi connectivity index (χ4n) is 9.03. The van der Waals surface area contributed by atoms with Gasteiger partial charge in [0.15, 0.2) is 5.82 Å². The Morgan fingerprint density at radius 2 is 0.887 bits per heavy atom. The van der Waals surface area contributed by atoms with Crippen LogP contribution in [-0.2, 0) is 0 Å². The van der Waals surface area contributed by atoms with Gasteiger partial charge in [-0.1, -0.05) is 176 Å². The summed E-state index contributed by atoms with van der Waals surface area (Å²) in [6, 6.07) is 79.0. The molecule has 0 amide bonds. The van der Waals surface area contributed by atoms with E-state index in [0.717, 1.165) is 100 Å². The predicted octanol–water partition coefficient (Wildman–Crippen LogP) is 14.4. The van der Waals surface area contributed by atoms with E-state index in [9.17, 15) is 0 Å². The summed E-state index contributed by atoms with van der Waals surface area (Å²) in [5, 5.41) is 10.1. The largest absolute Gasteiger partial charge is 0.309 e. The molecule has 0 atom stereocenters. The second-order valence-corrected chi connectivity index (χ2v) is 15.7. The molecule has 290 valence electrons. The lowest BCUT2D eigenvalue weighted by Crippen LogP contribution is -1.97. The Labute approximate surface area is 358 Å². The van der Waals surface area contributed by atoms with Crippen molar-refractivity contribution in [3.8, 4) is 73.2 Å². The maximum absolute atomic E-state index is 5.41. The molecule has 0 unspecified atom stereocenters. The minimum atomic E-state index is 0.679. The van der Waals surface area contributed by atoms with Crippen LogP contribution in [0.15, 0.2) is 224 Å². The van der Waals surface area contributed by atoms with Crippen LogP contribution >= 0.6 is 0 Å². The summed E-state index contributed by atoms with van der Waals surface area (Å²) in [6.45, 7) is 0. The van der Waals surface area contributed by atoms with E-state index in [1.54, 1.807) is 0 Å². The lowest BCUT2D eigenvalue weighted by Gasteiger charge is -2.12. The van der Waals surface area contributed by atoms with Crippen LogP contribution < -0.4 is 0 Å². The number of hydrogen-bond acceptors (Lipinski definition) is 3. The Morgan fingerprint density at radius 1 is 0.355 bits per heavy atom. The van der Waals surface area contributed by atoms with Gasteiger partial charge in [0, 0.05) is 55.2 Å². The fourth-order valence-corrected chi connectivity index (χ4v) is 9.03. The van der Waals surface area contributed by atoms with Gasteiger partial charge in [0.05, 0.1) is 33.6 Å². The van der Waals surface area contributed by atoms with Crippen molar-refractivity contribution in [3.05, 3.63) is 224 Å². The normalized spacial score (nSPS) is 11.5. The summed E-state index contributed by atoms with van der Waals surface area (Å²) < 4.78 is 4.48. The van der Waals surface area contributed by atoms with Crippen LogP contribution in [0, 0.1) is 0 Å². The maximum atomic E-state index is 5.41. The van der Waals surface area contributed by atoms with Crippen molar-refractivity contribution in [2.45, 2.75) is 0 Å². The molecule has 0 bridgehead atoms. The van der Waals surface area contributed by atoms with Gasteiger partial charge in [0.25, 0.3) is 0 Å². The molecule has 5 nitrogen and oxygen atoms in total. The third-order valence-electron chi connectivity index (χ3n) is 11.9. The Balaban J connectivity index is 1.01. The zero-order valence-corrected chi connectivity index (χ0v) is 33.6. The second-order valence-electron chi connectivity index (χ2n) is 15.7. The summed E-state index contributed by atoms with van der Waals surface area (Å²) >= 11 is 0. The molecule has 0 N–H and O–H groups in total. The van der Waals surface area contributed by atoms with Gasteiger partial charge < -0.3 is 4.57 Å². The van der Waals surface area contributed by atoms with Crippen molar-refractivity contribution in [3.63, 3.8) is 0 Å². The van der Waals surface area contributed by atoms with Crippen molar-refractivity contribution in [2.24, 2.45) is 0 Å². The maximum Gasteiger partial charge on any atom is 0.160 e. The van der Waals surface area contributed by atoms with E-state index in [-0.39, 0.29) is 0 Å². The first kappa shape index (κ1) is 35.5. The SMILES string of the molecule is c1ccc(-c2cc(-c3ccc(-c4cc5ccccc5c5c(-c6ccccc6)c(-c6ccccc6)nn45)cc3)nc(-c3ccc4c(c3)c3ccccc3n4-c3ccccc3)n2)cc1. The number of fused-ring (bicyclic) bond motifs is 6. The molecule has 0 fully saturated rings. The van der Waals surface area contributed by atoms with Crippen LogP contribution in [0.2, 0.25) is 0 Å². The van der Waals surface area contributed by atoms with Gasteiger partial charge in [0.2, 0.25) is 0 Å². The third kappa shape index (κ3) is 5.98. The van der Waals surface area contributed by atoms with Crippen molar-refractivity contribution >= 4 is 38.1 Å². The summed E-state index contributed by atoms with van der Waals surface area (Å²) in [7, 11) is 0. The van der Waals surface area contributed by atoms with Crippen LogP contribution in [0.3, 0.4) is 0 Å². The molecule has 12 rings (SSSR count). The van der Waals surface area contributed by atoms with Gasteiger partial charge in [-0.25, -0.2) is 14.5 Å². The molecule has 0 aliphatic carbocycles. The Kier molecular flexibility index (Phi) is 8.42. The molecule has 5 heteroatoms. The smallest absolute Gasteiger partial charge is 0.160 e. The van der Waals surface area contributed by atoms with Crippen LogP contribution in [0.1, 0.15) is 0 Å². The summed E-state index contributed by atoms with van der Waals surface area (Å²) in [6.07, 6.45) is 0. The molecule has 4 heterocycles. The van der Waals surface area contributed by atoms with Gasteiger partial charge >= 0.3 is 0 Å². The van der Waals surface area contributed by atoms with Gasteiger partial charge in [-0.2, -0.15) is 5.10 Å². The number of pyridine rings is 1. The highest BCUT2D eigenvalue weighted by atomic mass is 15.2. The Morgan fingerprint density at radius 3 is 1.60 bits per heavy atom. The summed E-state index contributed by atoms with van der Waals surface area (Å²) in [5.41, 5.74) is 15.6. The van der Waals surface area contributed by atoms with E-state index >= 15 is 0 Å². The first-order chi connectivity index (χ1) is 30.7. The van der Waals surface area contributed by atoms with E-state index in [4.69, 9.17) is 15.1 Å².